The number of benzene rings is 2. The fraction of sp³-hybridized carbons (Fsp3) is 0.444. The predicted molar refractivity (Wildman–Crippen MR) is 83.8 cm³/mol. The van der Waals surface area contributed by atoms with Gasteiger partial charge in [0, 0.05) is 17.3 Å². The third-order valence-electron chi connectivity index (χ3n) is 4.36. The number of ether oxygens (including phenoxy) is 1. The van der Waals surface area contributed by atoms with Crippen molar-refractivity contribution in [3.8, 4) is 0 Å². The summed E-state index contributed by atoms with van der Waals surface area (Å²) in [6.07, 6.45) is 1.35. The monoisotopic (exact) mass is 287 g/mol. The molecule has 0 saturated carbocycles. The molecule has 1 saturated heterocycles. The molecule has 1 fully saturated rings. The second kappa shape index (κ2) is 6.12. The van der Waals surface area contributed by atoms with Gasteiger partial charge in [-0.25, -0.2) is 4.39 Å². The molecule has 1 heterocycles. The summed E-state index contributed by atoms with van der Waals surface area (Å²) in [6, 6.07) is 11.4. The average molecular weight is 287 g/mol. The minimum Gasteiger partial charge on any atom is -0.378 e. The molecule has 3 unspecified atom stereocenters. The molecule has 1 N–H and O–H groups in total. The van der Waals surface area contributed by atoms with Crippen molar-refractivity contribution in [1.29, 1.82) is 0 Å². The summed E-state index contributed by atoms with van der Waals surface area (Å²) in [5.74, 6) is 0.287. The van der Waals surface area contributed by atoms with Gasteiger partial charge in [0.05, 0.1) is 12.7 Å². The predicted octanol–water partition coefficient (Wildman–Crippen LogP) is 4.05. The lowest BCUT2D eigenvalue weighted by atomic mass is 9.88. The molecule has 0 aromatic heterocycles. The van der Waals surface area contributed by atoms with E-state index in [-0.39, 0.29) is 11.9 Å². The molecule has 3 rings (SSSR count). The number of fused-ring (bicyclic) bond motifs is 1. The summed E-state index contributed by atoms with van der Waals surface area (Å²) in [4.78, 5) is 0. The van der Waals surface area contributed by atoms with E-state index in [0.717, 1.165) is 25.0 Å². The normalized spacial score (nSPS) is 23.6. The molecule has 0 radical (unpaired) electrons. The van der Waals surface area contributed by atoms with Crippen molar-refractivity contribution in [2.24, 2.45) is 5.92 Å². The highest BCUT2D eigenvalue weighted by molar-refractivity contribution is 5.86. The van der Waals surface area contributed by atoms with Crippen LogP contribution in [-0.4, -0.2) is 19.3 Å². The van der Waals surface area contributed by atoms with Crippen molar-refractivity contribution in [3.05, 3.63) is 47.8 Å². The van der Waals surface area contributed by atoms with E-state index in [2.05, 4.69) is 19.2 Å². The minimum atomic E-state index is -0.152. The molecule has 0 aliphatic carbocycles. The fourth-order valence-corrected chi connectivity index (χ4v) is 3.39. The zero-order chi connectivity index (χ0) is 14.8. The van der Waals surface area contributed by atoms with Crippen LogP contribution in [0.3, 0.4) is 0 Å². The van der Waals surface area contributed by atoms with E-state index in [1.54, 1.807) is 6.07 Å². The van der Waals surface area contributed by atoms with Gasteiger partial charge >= 0.3 is 0 Å². The summed E-state index contributed by atoms with van der Waals surface area (Å²) >= 11 is 0. The van der Waals surface area contributed by atoms with Crippen molar-refractivity contribution < 1.29 is 9.13 Å². The van der Waals surface area contributed by atoms with E-state index >= 15 is 0 Å². The SMILES string of the molecule is CCNC(c1ccc(F)c2ccccc12)C1COC(C)C1. The summed E-state index contributed by atoms with van der Waals surface area (Å²) in [7, 11) is 0. The average Bonchev–Trinajstić information content (AvgIpc) is 2.92. The van der Waals surface area contributed by atoms with Gasteiger partial charge in [0.1, 0.15) is 5.82 Å². The van der Waals surface area contributed by atoms with Gasteiger partial charge in [0.2, 0.25) is 0 Å². The molecular weight excluding hydrogens is 265 g/mol. The molecule has 0 spiro atoms. The lowest BCUT2D eigenvalue weighted by molar-refractivity contribution is 0.117. The van der Waals surface area contributed by atoms with Crippen LogP contribution in [0, 0.1) is 11.7 Å². The summed E-state index contributed by atoms with van der Waals surface area (Å²) in [5.41, 5.74) is 1.18. The number of hydrogen-bond acceptors (Lipinski definition) is 2. The van der Waals surface area contributed by atoms with Crippen LogP contribution in [0.15, 0.2) is 36.4 Å². The maximum atomic E-state index is 14.0. The Hall–Kier alpha value is -1.45. The standard InChI is InChI=1S/C18H22FNO/c1-3-20-18(13-10-12(2)21-11-13)16-8-9-17(19)15-7-5-4-6-14(15)16/h4-9,12-13,18,20H,3,10-11H2,1-2H3. The van der Waals surface area contributed by atoms with Gasteiger partial charge in [-0.05, 0) is 36.9 Å². The van der Waals surface area contributed by atoms with E-state index in [9.17, 15) is 4.39 Å². The first-order valence-electron chi connectivity index (χ1n) is 7.72. The molecule has 3 heteroatoms. The number of hydrogen-bond donors (Lipinski definition) is 1. The zero-order valence-corrected chi connectivity index (χ0v) is 12.6. The van der Waals surface area contributed by atoms with Crippen LogP contribution in [0.4, 0.5) is 4.39 Å². The Morgan fingerprint density at radius 2 is 2.00 bits per heavy atom. The van der Waals surface area contributed by atoms with Gasteiger partial charge in [0.15, 0.2) is 0 Å². The molecule has 1 aliphatic rings. The Balaban J connectivity index is 2.05. The number of halogens is 1. The molecule has 2 aromatic carbocycles. The number of rotatable bonds is 4. The number of nitrogens with one attached hydrogen (secondary N) is 1. The molecule has 3 atom stereocenters. The molecule has 0 bridgehead atoms. The van der Waals surface area contributed by atoms with E-state index < -0.39 is 0 Å². The maximum absolute atomic E-state index is 14.0. The molecule has 0 amide bonds. The Kier molecular flexibility index (Phi) is 4.22. The second-order valence-corrected chi connectivity index (χ2v) is 5.86. The Labute approximate surface area is 125 Å². The van der Waals surface area contributed by atoms with Crippen molar-refractivity contribution >= 4 is 10.8 Å². The van der Waals surface area contributed by atoms with Gasteiger partial charge in [-0.2, -0.15) is 0 Å². The Morgan fingerprint density at radius 1 is 1.24 bits per heavy atom. The van der Waals surface area contributed by atoms with Crippen molar-refractivity contribution in [2.75, 3.05) is 13.2 Å². The molecule has 21 heavy (non-hydrogen) atoms. The van der Waals surface area contributed by atoms with Crippen LogP contribution in [0.5, 0.6) is 0 Å². The molecular formula is C18H22FNO. The lowest BCUT2D eigenvalue weighted by Crippen LogP contribution is -2.29. The van der Waals surface area contributed by atoms with Gasteiger partial charge < -0.3 is 10.1 Å². The highest BCUT2D eigenvalue weighted by atomic mass is 19.1. The van der Waals surface area contributed by atoms with Gasteiger partial charge in [0.25, 0.3) is 0 Å². The largest absolute Gasteiger partial charge is 0.378 e. The molecule has 2 aromatic rings. The Morgan fingerprint density at radius 3 is 2.67 bits per heavy atom. The highest BCUT2D eigenvalue weighted by Crippen LogP contribution is 2.35. The van der Waals surface area contributed by atoms with Crippen molar-refractivity contribution in [1.82, 2.24) is 5.32 Å². The summed E-state index contributed by atoms with van der Waals surface area (Å²) in [5, 5.41) is 5.27. The van der Waals surface area contributed by atoms with E-state index in [1.165, 1.54) is 5.56 Å². The zero-order valence-electron chi connectivity index (χ0n) is 12.6. The lowest BCUT2D eigenvalue weighted by Gasteiger charge is -2.25. The van der Waals surface area contributed by atoms with Crippen LogP contribution in [0.25, 0.3) is 10.8 Å². The first kappa shape index (κ1) is 14.5. The van der Waals surface area contributed by atoms with E-state index in [1.807, 2.05) is 30.3 Å². The van der Waals surface area contributed by atoms with Crippen LogP contribution < -0.4 is 5.32 Å². The van der Waals surface area contributed by atoms with Crippen LogP contribution in [0.1, 0.15) is 31.9 Å². The highest BCUT2D eigenvalue weighted by Gasteiger charge is 2.31. The van der Waals surface area contributed by atoms with Gasteiger partial charge in [-0.3, -0.25) is 0 Å². The second-order valence-electron chi connectivity index (χ2n) is 5.86. The maximum Gasteiger partial charge on any atom is 0.131 e. The van der Waals surface area contributed by atoms with Gasteiger partial charge in [-0.15, -0.1) is 0 Å². The molecule has 112 valence electrons. The topological polar surface area (TPSA) is 21.3 Å². The van der Waals surface area contributed by atoms with Crippen LogP contribution in [0.2, 0.25) is 0 Å². The smallest absolute Gasteiger partial charge is 0.131 e. The third kappa shape index (κ3) is 2.81. The molecule has 1 aliphatic heterocycles. The van der Waals surface area contributed by atoms with Gasteiger partial charge in [-0.1, -0.05) is 37.3 Å². The fourth-order valence-electron chi connectivity index (χ4n) is 3.39. The summed E-state index contributed by atoms with van der Waals surface area (Å²) in [6.45, 7) is 5.88. The van der Waals surface area contributed by atoms with Crippen LogP contribution in [-0.2, 0) is 4.74 Å². The van der Waals surface area contributed by atoms with Crippen molar-refractivity contribution in [3.63, 3.8) is 0 Å². The summed E-state index contributed by atoms with van der Waals surface area (Å²) < 4.78 is 19.7. The first-order valence-corrected chi connectivity index (χ1v) is 7.72. The van der Waals surface area contributed by atoms with Crippen molar-refractivity contribution in [2.45, 2.75) is 32.4 Å². The van der Waals surface area contributed by atoms with Crippen LogP contribution >= 0.6 is 0 Å². The minimum absolute atomic E-state index is 0.152. The van der Waals surface area contributed by atoms with E-state index in [0.29, 0.717) is 17.4 Å². The third-order valence-corrected chi connectivity index (χ3v) is 4.36. The first-order chi connectivity index (χ1) is 10.2. The Bertz CT molecular complexity index is 628. The quantitative estimate of drug-likeness (QED) is 0.916. The molecule has 2 nitrogen and oxygen atoms in total. The van der Waals surface area contributed by atoms with E-state index in [4.69, 9.17) is 4.74 Å².